The van der Waals surface area contributed by atoms with Gasteiger partial charge in [0, 0.05) is 94.7 Å². The lowest BCUT2D eigenvalue weighted by atomic mass is 9.73. The molecule has 4 saturated heterocycles. The molecule has 8 aromatic carbocycles. The van der Waals surface area contributed by atoms with E-state index >= 15 is 0 Å². The average Bonchev–Trinajstić information content (AvgIpc) is 1.67. The van der Waals surface area contributed by atoms with Crippen LogP contribution in [0.1, 0.15) is 137 Å². The maximum absolute atomic E-state index is 13.3. The minimum atomic E-state index is -0.295. The lowest BCUT2D eigenvalue weighted by Crippen LogP contribution is -2.45. The molecule has 4 aliphatic carbocycles. The fraction of sp³-hybridized carbons (Fsp3) is 0.326. The Hall–Kier alpha value is -9.76. The first-order valence-corrected chi connectivity index (χ1v) is 45.1. The summed E-state index contributed by atoms with van der Waals surface area (Å²) in [4.78, 5) is 79.4. The number of anilines is 6. The van der Waals surface area contributed by atoms with Crippen molar-refractivity contribution in [1.82, 2.24) is 38.2 Å². The quantitative estimate of drug-likeness (QED) is 0.0823. The van der Waals surface area contributed by atoms with Crippen LogP contribution in [-0.4, -0.2) is 90.6 Å². The van der Waals surface area contributed by atoms with Gasteiger partial charge in [0.15, 0.2) is 0 Å². The fourth-order valence-electron chi connectivity index (χ4n) is 20.7. The Kier molecular flexibility index (Phi) is 24.5. The summed E-state index contributed by atoms with van der Waals surface area (Å²) in [6.07, 6.45) is 11.7. The normalized spacial score (nSPS) is 19.5. The van der Waals surface area contributed by atoms with E-state index < -0.39 is 0 Å². The summed E-state index contributed by atoms with van der Waals surface area (Å²) in [6, 6.07) is 59.5. The highest BCUT2D eigenvalue weighted by Gasteiger charge is 2.50. The molecule has 0 amide bonds. The number of aromatic nitrogens is 8. The zero-order valence-corrected chi connectivity index (χ0v) is 75.4. The number of benzene rings is 8. The first-order valence-electron chi connectivity index (χ1n) is 42.1. The smallest absolute Gasteiger partial charge is 0.264 e. The summed E-state index contributed by atoms with van der Waals surface area (Å²) in [5, 5.41) is 2.75. The number of piperidine rings is 4. The summed E-state index contributed by atoms with van der Waals surface area (Å²) in [6.45, 7) is 11.8. The summed E-state index contributed by atoms with van der Waals surface area (Å²) in [5.74, 6) is 3.94. The number of fused-ring (bicyclic) bond motifs is 4. The van der Waals surface area contributed by atoms with E-state index in [1.54, 1.807) is 91.9 Å². The van der Waals surface area contributed by atoms with Crippen LogP contribution in [0.4, 0.5) is 35.2 Å². The van der Waals surface area contributed by atoms with E-state index in [2.05, 4.69) is 127 Å². The predicted octanol–water partition coefficient (Wildman–Crippen LogP) is 17.6. The molecule has 125 heavy (non-hydrogen) atoms. The molecule has 0 bridgehead atoms. The standard InChI is InChI=1S/C24H25Cl2N5O.2C24H24Cl2N4O.C23H23Cl2N5O/c1-14-21(29-23(28)31(22(14)32)18-8-4-7-17(25)19(18)26)30-11-9-24(10-12-30)13-15-5-2-3-6-16(15)20(24)27;2*1-15-28-20(13-21(31)30(15)19-8-4-7-18(25)22(19)26)29-11-9-24(10-12-29)14-16-5-2-3-6-17(16)23(24)27;24-16-6-3-7-17(20(16)25)30-19(31)12-18(28-22(30)27)29-10-8-23(9-11-29)13-14-4-1-2-5-15(14)21(23)26/h2-8,20H,9-13,27H2,1H3,(H2,28,29);2*2-8,13,23H,9-12,14,27H2,1H3;1-7,12,21H,8-11,13,26H2,(H2,27,28)/t20-;2*23-;21-/m1001/s1. The number of hydrogen-bond donors (Lipinski definition) is 6. The molecule has 4 atom stereocenters. The minimum Gasteiger partial charge on any atom is -0.369 e. The van der Waals surface area contributed by atoms with Crippen molar-refractivity contribution in [3.8, 4) is 22.7 Å². The maximum Gasteiger partial charge on any atom is 0.264 e. The molecule has 12 aromatic rings. The fourth-order valence-corrected chi connectivity index (χ4v) is 22.2. The summed E-state index contributed by atoms with van der Waals surface area (Å²) >= 11 is 49.8. The topological polar surface area (TPSA) is 309 Å². The number of nitrogens with zero attached hydrogens (tertiary/aromatic N) is 12. The first-order chi connectivity index (χ1) is 60.0. The van der Waals surface area contributed by atoms with Crippen molar-refractivity contribution in [1.29, 1.82) is 0 Å². The third-order valence-electron chi connectivity index (χ3n) is 27.8. The van der Waals surface area contributed by atoms with Gasteiger partial charge < -0.3 is 54.0 Å². The molecule has 12 N–H and O–H groups in total. The highest BCUT2D eigenvalue weighted by atomic mass is 35.5. The number of halogens is 8. The van der Waals surface area contributed by atoms with Crippen molar-refractivity contribution in [2.75, 3.05) is 83.4 Å². The van der Waals surface area contributed by atoms with Crippen LogP contribution in [0.3, 0.4) is 0 Å². The van der Waals surface area contributed by atoms with Gasteiger partial charge in [-0.3, -0.25) is 28.3 Å². The molecular formula is C95H96Cl8N18O4. The van der Waals surface area contributed by atoms with Crippen molar-refractivity contribution in [2.24, 2.45) is 44.6 Å². The highest BCUT2D eigenvalue weighted by Crippen LogP contribution is 2.56. The van der Waals surface area contributed by atoms with Crippen LogP contribution in [0, 0.1) is 42.4 Å². The van der Waals surface area contributed by atoms with Crippen LogP contribution in [0.2, 0.25) is 40.2 Å². The number of hydrogen-bond acceptors (Lipinski definition) is 18. The van der Waals surface area contributed by atoms with Crippen LogP contribution in [-0.2, 0) is 25.7 Å². The molecule has 4 spiro atoms. The largest absolute Gasteiger partial charge is 0.369 e. The Morgan fingerprint density at radius 3 is 0.856 bits per heavy atom. The van der Waals surface area contributed by atoms with Gasteiger partial charge >= 0.3 is 0 Å². The Balaban J connectivity index is 0.000000118. The minimum absolute atomic E-state index is 0.0398. The second-order valence-electron chi connectivity index (χ2n) is 34.5. The van der Waals surface area contributed by atoms with E-state index in [1.807, 2.05) is 13.8 Å². The molecule has 0 unspecified atom stereocenters. The van der Waals surface area contributed by atoms with E-state index in [-0.39, 0.29) is 90.0 Å². The maximum atomic E-state index is 13.3. The second-order valence-corrected chi connectivity index (χ2v) is 37.6. The summed E-state index contributed by atoms with van der Waals surface area (Å²) in [5.41, 5.74) is 51.6. The average molecular weight is 1840 g/mol. The third kappa shape index (κ3) is 16.2. The monoisotopic (exact) mass is 1830 g/mol. The van der Waals surface area contributed by atoms with Crippen molar-refractivity contribution < 1.29 is 0 Å². The summed E-state index contributed by atoms with van der Waals surface area (Å²) < 4.78 is 5.62. The van der Waals surface area contributed by atoms with Crippen LogP contribution < -0.4 is 76.2 Å². The highest BCUT2D eigenvalue weighted by molar-refractivity contribution is 6.45. The van der Waals surface area contributed by atoms with Crippen LogP contribution >= 0.6 is 92.8 Å². The van der Waals surface area contributed by atoms with Gasteiger partial charge in [-0.05, 0) is 213 Å². The van der Waals surface area contributed by atoms with Crippen molar-refractivity contribution >= 4 is 128 Å². The molecule has 4 aromatic heterocycles. The molecule has 0 radical (unpaired) electrons. The van der Waals surface area contributed by atoms with Crippen LogP contribution in [0.25, 0.3) is 22.7 Å². The molecular weight excluding hydrogens is 1740 g/mol. The number of nitrogen functional groups attached to an aromatic ring is 2. The molecule has 4 fully saturated rings. The molecule has 8 heterocycles. The first kappa shape index (κ1) is 87.3. The number of aryl methyl sites for hydroxylation is 2. The van der Waals surface area contributed by atoms with E-state index in [4.69, 9.17) is 137 Å². The van der Waals surface area contributed by atoms with Gasteiger partial charge in [0.2, 0.25) is 11.9 Å². The Labute approximate surface area is 764 Å². The molecule has 8 aliphatic rings. The van der Waals surface area contributed by atoms with Gasteiger partial charge in [0.05, 0.1) is 68.5 Å². The van der Waals surface area contributed by atoms with E-state index in [9.17, 15) is 19.2 Å². The predicted molar refractivity (Wildman–Crippen MR) is 506 cm³/mol. The number of rotatable bonds is 8. The Bertz CT molecular complexity index is 5990. The third-order valence-corrected chi connectivity index (χ3v) is 31.0. The SMILES string of the molecule is Cc1c(N2CCC3(CC2)Cc2ccccc2[C@H]3N)nc(N)n(-c2cccc(Cl)c2Cl)c1=O.Cc1nc(N2CCC3(CC2)Cc2ccccc2[C@@H]3N)cc(=O)n1-c1cccc(Cl)c1Cl.Cc1nc(N2CCC3(CC2)Cc2ccccc2[C@@H]3N)cc(=O)n1-c1cccc(Cl)c1Cl.Nc1nc(N2CCC3(CC2)Cc2ccccc2[C@H]3N)cc(=O)n1-c1cccc(Cl)c1Cl. The lowest BCUT2D eigenvalue weighted by Gasteiger charge is -2.43. The van der Waals surface area contributed by atoms with Gasteiger partial charge in [-0.2, -0.15) is 9.97 Å². The van der Waals surface area contributed by atoms with Gasteiger partial charge in [-0.25, -0.2) is 19.1 Å². The Morgan fingerprint density at radius 2 is 0.568 bits per heavy atom. The second kappa shape index (κ2) is 35.1. The number of nitrogens with two attached hydrogens (primary N) is 6. The molecule has 646 valence electrons. The van der Waals surface area contributed by atoms with Gasteiger partial charge in [0.25, 0.3) is 22.2 Å². The van der Waals surface area contributed by atoms with Crippen molar-refractivity contribution in [2.45, 2.75) is 122 Å². The van der Waals surface area contributed by atoms with Gasteiger partial charge in [-0.1, -0.05) is 214 Å². The molecule has 30 heteroatoms. The molecule has 0 saturated carbocycles. The summed E-state index contributed by atoms with van der Waals surface area (Å²) in [7, 11) is 0. The zero-order chi connectivity index (χ0) is 87.9. The van der Waals surface area contributed by atoms with Crippen molar-refractivity contribution in [3.63, 3.8) is 0 Å². The molecule has 4 aliphatic heterocycles. The van der Waals surface area contributed by atoms with E-state index in [1.165, 1.54) is 68.8 Å². The van der Waals surface area contributed by atoms with Crippen LogP contribution in [0.15, 0.2) is 207 Å². The molecule has 20 rings (SSSR count). The van der Waals surface area contributed by atoms with Crippen LogP contribution in [0.5, 0.6) is 0 Å². The van der Waals surface area contributed by atoms with Gasteiger partial charge in [-0.15, -0.1) is 0 Å². The molecule has 22 nitrogen and oxygen atoms in total. The zero-order valence-electron chi connectivity index (χ0n) is 69.3. The van der Waals surface area contributed by atoms with E-state index in [0.717, 1.165) is 129 Å². The lowest BCUT2D eigenvalue weighted by molar-refractivity contribution is 0.187. The van der Waals surface area contributed by atoms with Crippen molar-refractivity contribution in [3.05, 3.63) is 331 Å². The Morgan fingerprint density at radius 1 is 0.312 bits per heavy atom. The van der Waals surface area contributed by atoms with E-state index in [0.29, 0.717) is 93.4 Å². The van der Waals surface area contributed by atoms with Gasteiger partial charge in [0.1, 0.15) is 34.9 Å².